The summed E-state index contributed by atoms with van der Waals surface area (Å²) in [6, 6.07) is 10.1. The lowest BCUT2D eigenvalue weighted by molar-refractivity contribution is 0.0403. The molecule has 1 aliphatic heterocycles. The van der Waals surface area contributed by atoms with Crippen LogP contribution in [0.5, 0.6) is 0 Å². The highest BCUT2D eigenvalue weighted by Gasteiger charge is 2.26. The average molecular weight is 450 g/mol. The highest BCUT2D eigenvalue weighted by atomic mass is 16.5. The van der Waals surface area contributed by atoms with Crippen molar-refractivity contribution >= 4 is 17.0 Å². The summed E-state index contributed by atoms with van der Waals surface area (Å²) in [4.78, 5) is 16.7. The van der Waals surface area contributed by atoms with Crippen LogP contribution in [0.25, 0.3) is 28.2 Å². The largest absolute Gasteiger partial charge is 0.393 e. The van der Waals surface area contributed by atoms with Gasteiger partial charge >= 0.3 is 0 Å². The first-order valence-electron chi connectivity index (χ1n) is 11.1. The van der Waals surface area contributed by atoms with Crippen molar-refractivity contribution in [3.05, 3.63) is 48.5 Å². The van der Waals surface area contributed by atoms with Crippen molar-refractivity contribution in [2.75, 3.05) is 44.9 Å². The van der Waals surface area contributed by atoms with Crippen molar-refractivity contribution in [3.63, 3.8) is 0 Å². The van der Waals surface area contributed by atoms with E-state index in [0.29, 0.717) is 55.8 Å². The number of imidazole rings is 1. The van der Waals surface area contributed by atoms with Gasteiger partial charge in [-0.15, -0.1) is 0 Å². The van der Waals surface area contributed by atoms with Crippen LogP contribution in [0.4, 0.5) is 5.82 Å². The van der Waals surface area contributed by atoms with Crippen molar-refractivity contribution in [1.82, 2.24) is 29.3 Å². The summed E-state index contributed by atoms with van der Waals surface area (Å²) in [5, 5.41) is 14.4. The second-order valence-electron chi connectivity index (χ2n) is 7.78. The minimum Gasteiger partial charge on any atom is -0.393 e. The number of nitrogens with zero attached hydrogens (tertiary/aromatic N) is 7. The van der Waals surface area contributed by atoms with E-state index in [1.165, 1.54) is 0 Å². The fraction of sp³-hybridized carbons (Fsp3) is 0.391. The maximum absolute atomic E-state index is 9.83. The third-order valence-electron chi connectivity index (χ3n) is 5.85. The molecule has 0 bridgehead atoms. The Morgan fingerprint density at radius 3 is 2.58 bits per heavy atom. The molecule has 172 valence electrons. The number of hydrogen-bond donors (Lipinski definition) is 1. The molecular weight excluding hydrogens is 422 g/mol. The number of rotatable bonds is 7. The summed E-state index contributed by atoms with van der Waals surface area (Å²) in [6.45, 7) is 5.14. The molecule has 0 saturated carbocycles. The van der Waals surface area contributed by atoms with Crippen molar-refractivity contribution in [1.29, 1.82) is 0 Å². The Hall–Kier alpha value is -3.34. The van der Waals surface area contributed by atoms with E-state index >= 15 is 0 Å². The normalized spacial score (nSPS) is 15.3. The monoisotopic (exact) mass is 449 g/mol. The molecule has 4 aromatic rings. The molecule has 0 spiro atoms. The molecule has 1 aromatic carbocycles. The van der Waals surface area contributed by atoms with Crippen molar-refractivity contribution < 1.29 is 14.6 Å². The van der Waals surface area contributed by atoms with Gasteiger partial charge in [0.05, 0.1) is 26.0 Å². The van der Waals surface area contributed by atoms with Gasteiger partial charge in [-0.05, 0) is 12.5 Å². The molecule has 33 heavy (non-hydrogen) atoms. The predicted octanol–water partition coefficient (Wildman–Crippen LogP) is 2.22. The number of aryl methyl sites for hydroxylation is 1. The maximum Gasteiger partial charge on any atom is 0.254 e. The summed E-state index contributed by atoms with van der Waals surface area (Å²) >= 11 is 0. The number of aliphatic hydroxyl groups excluding tert-OH is 1. The lowest BCUT2D eigenvalue weighted by Gasteiger charge is -2.28. The number of anilines is 1. The molecular formula is C23H27N7O3. The Balaban J connectivity index is 1.67. The van der Waals surface area contributed by atoms with E-state index in [1.54, 1.807) is 11.8 Å². The molecule has 1 unspecified atom stereocenters. The number of aromatic nitrogens is 6. The van der Waals surface area contributed by atoms with Gasteiger partial charge in [0.15, 0.2) is 17.0 Å². The number of benzene rings is 1. The van der Waals surface area contributed by atoms with E-state index in [9.17, 15) is 5.11 Å². The standard InChI is InChI=1S/C23H27N7O3/c1-3-29-20(18(15-31)32-2)25-19-21(28-9-11-33-12-10-28)26-23(27-22(19)29)30-14-17(13-24-30)16-7-5-4-6-8-16/h4-8,13-14,18,31H,3,9-12,15H2,1-2H3. The van der Waals surface area contributed by atoms with Crippen LogP contribution in [-0.4, -0.2) is 74.4 Å². The van der Waals surface area contributed by atoms with E-state index in [2.05, 4.69) is 10.00 Å². The Morgan fingerprint density at radius 1 is 1.09 bits per heavy atom. The fourth-order valence-corrected chi connectivity index (χ4v) is 4.12. The minimum atomic E-state index is -0.547. The van der Waals surface area contributed by atoms with Crippen LogP contribution in [0, 0.1) is 0 Å². The third kappa shape index (κ3) is 3.97. The molecule has 1 N–H and O–H groups in total. The average Bonchev–Trinajstić information content (AvgIpc) is 3.51. The first-order chi connectivity index (χ1) is 16.2. The molecule has 3 aromatic heterocycles. The zero-order valence-corrected chi connectivity index (χ0v) is 18.8. The molecule has 1 atom stereocenters. The topological polar surface area (TPSA) is 103 Å². The van der Waals surface area contributed by atoms with Gasteiger partial charge in [0.2, 0.25) is 0 Å². The Bertz CT molecular complexity index is 1230. The van der Waals surface area contributed by atoms with Crippen LogP contribution >= 0.6 is 0 Å². The highest BCUT2D eigenvalue weighted by molar-refractivity contribution is 5.85. The van der Waals surface area contributed by atoms with Crippen LogP contribution in [0.15, 0.2) is 42.7 Å². The summed E-state index contributed by atoms with van der Waals surface area (Å²) in [6.07, 6.45) is 3.19. The first kappa shape index (κ1) is 21.5. The molecule has 10 nitrogen and oxygen atoms in total. The lowest BCUT2D eigenvalue weighted by Crippen LogP contribution is -2.37. The summed E-state index contributed by atoms with van der Waals surface area (Å²) in [5.41, 5.74) is 3.43. The van der Waals surface area contributed by atoms with Crippen molar-refractivity contribution in [2.45, 2.75) is 19.6 Å². The predicted molar refractivity (Wildman–Crippen MR) is 123 cm³/mol. The highest BCUT2D eigenvalue weighted by Crippen LogP contribution is 2.29. The fourth-order valence-electron chi connectivity index (χ4n) is 4.12. The van der Waals surface area contributed by atoms with Crippen molar-refractivity contribution in [3.8, 4) is 17.1 Å². The number of hydrogen-bond acceptors (Lipinski definition) is 8. The molecule has 4 heterocycles. The van der Waals surface area contributed by atoms with Crippen molar-refractivity contribution in [2.24, 2.45) is 0 Å². The van der Waals surface area contributed by atoms with Gasteiger partial charge in [-0.2, -0.15) is 15.1 Å². The molecule has 0 amide bonds. The molecule has 5 rings (SSSR count). The second kappa shape index (κ2) is 9.26. The van der Waals surface area contributed by atoms with E-state index in [1.807, 2.05) is 54.2 Å². The molecule has 0 radical (unpaired) electrons. The number of morpholine rings is 1. The number of fused-ring (bicyclic) bond motifs is 1. The zero-order valence-electron chi connectivity index (χ0n) is 18.8. The summed E-state index contributed by atoms with van der Waals surface area (Å²) in [7, 11) is 1.56. The third-order valence-corrected chi connectivity index (χ3v) is 5.85. The van der Waals surface area contributed by atoms with Gasteiger partial charge in [-0.25, -0.2) is 9.67 Å². The minimum absolute atomic E-state index is 0.174. The van der Waals surface area contributed by atoms with Crippen LogP contribution in [-0.2, 0) is 16.0 Å². The molecule has 0 aliphatic carbocycles. The Labute approximate surface area is 191 Å². The van der Waals surface area contributed by atoms with Crippen LogP contribution < -0.4 is 4.90 Å². The lowest BCUT2D eigenvalue weighted by atomic mass is 10.1. The van der Waals surface area contributed by atoms with Crippen LogP contribution in [0.1, 0.15) is 18.9 Å². The van der Waals surface area contributed by atoms with E-state index < -0.39 is 6.10 Å². The Morgan fingerprint density at radius 2 is 1.88 bits per heavy atom. The molecule has 1 aliphatic rings. The summed E-state index contributed by atoms with van der Waals surface area (Å²) < 4.78 is 14.7. The number of aliphatic hydroxyl groups is 1. The second-order valence-corrected chi connectivity index (χ2v) is 7.78. The quantitative estimate of drug-likeness (QED) is 0.458. The van der Waals surface area contributed by atoms with E-state index in [0.717, 1.165) is 16.9 Å². The molecule has 1 saturated heterocycles. The van der Waals surface area contributed by atoms with E-state index in [-0.39, 0.29) is 6.61 Å². The van der Waals surface area contributed by atoms with Gasteiger partial charge in [-0.1, -0.05) is 30.3 Å². The SMILES string of the molecule is CCn1c(C(CO)OC)nc2c(N3CCOCC3)nc(-n3cc(-c4ccccc4)cn3)nc21. The van der Waals surface area contributed by atoms with E-state index in [4.69, 9.17) is 24.4 Å². The maximum atomic E-state index is 9.83. The van der Waals surface area contributed by atoms with Gasteiger partial charge in [0.25, 0.3) is 5.95 Å². The smallest absolute Gasteiger partial charge is 0.254 e. The zero-order chi connectivity index (χ0) is 22.8. The van der Waals surface area contributed by atoms with Gasteiger partial charge in [0.1, 0.15) is 11.9 Å². The number of ether oxygens (including phenoxy) is 2. The first-order valence-corrected chi connectivity index (χ1v) is 11.1. The Kier molecular flexibility index (Phi) is 6.03. The summed E-state index contributed by atoms with van der Waals surface area (Å²) in [5.74, 6) is 1.82. The molecule has 1 fully saturated rings. The van der Waals surface area contributed by atoms with Crippen LogP contribution in [0.2, 0.25) is 0 Å². The van der Waals surface area contributed by atoms with Crippen LogP contribution in [0.3, 0.4) is 0 Å². The van der Waals surface area contributed by atoms with Gasteiger partial charge in [0, 0.05) is 38.5 Å². The van der Waals surface area contributed by atoms with Gasteiger partial charge < -0.3 is 24.0 Å². The number of methoxy groups -OCH3 is 1. The molecule has 10 heteroatoms. The van der Waals surface area contributed by atoms with Gasteiger partial charge in [-0.3, -0.25) is 0 Å².